The van der Waals surface area contributed by atoms with Gasteiger partial charge >= 0.3 is 0 Å². The molecule has 0 aliphatic rings. The lowest BCUT2D eigenvalue weighted by molar-refractivity contribution is 0.0649. The molecule has 1 aromatic heterocycles. The molecule has 1 atom stereocenters. The highest BCUT2D eigenvalue weighted by Crippen LogP contribution is 2.28. The molecule has 0 fully saturated rings. The minimum atomic E-state index is -1.16. The highest BCUT2D eigenvalue weighted by molar-refractivity contribution is 6.32. The molecule has 0 saturated carbocycles. The molecule has 0 spiro atoms. The molecule has 3 rings (SSSR count). The zero-order valence-electron chi connectivity index (χ0n) is 21.9. The third-order valence-corrected chi connectivity index (χ3v) is 6.12. The smallest absolute Gasteiger partial charge is 0.251 e. The maximum atomic E-state index is 15.1. The summed E-state index contributed by atoms with van der Waals surface area (Å²) in [6, 6.07) is 9.22. The first-order valence-corrected chi connectivity index (χ1v) is 12.8. The van der Waals surface area contributed by atoms with Crippen LogP contribution in [-0.4, -0.2) is 44.4 Å². The van der Waals surface area contributed by atoms with Crippen LogP contribution >= 0.6 is 11.6 Å². The fourth-order valence-corrected chi connectivity index (χ4v) is 4.32. The zero-order valence-corrected chi connectivity index (χ0v) is 22.6. The third kappa shape index (κ3) is 7.31. The van der Waals surface area contributed by atoms with Gasteiger partial charge in [-0.25, -0.2) is 9.37 Å². The van der Waals surface area contributed by atoms with Crippen LogP contribution in [0.15, 0.2) is 42.6 Å². The van der Waals surface area contributed by atoms with Gasteiger partial charge in [0.25, 0.3) is 5.91 Å². The number of hydrogen-bond acceptors (Lipinski definition) is 5. The summed E-state index contributed by atoms with van der Waals surface area (Å²) in [6.45, 7) is 9.43. The summed E-state index contributed by atoms with van der Waals surface area (Å²) < 4.78 is 22.5. The molecule has 0 bridgehead atoms. The molecule has 7 nitrogen and oxygen atoms in total. The number of imidazole rings is 1. The van der Waals surface area contributed by atoms with Crippen molar-refractivity contribution in [2.75, 3.05) is 6.61 Å². The number of rotatable bonds is 11. The molecule has 3 aromatic rings. The Labute approximate surface area is 222 Å². The van der Waals surface area contributed by atoms with Gasteiger partial charge in [0, 0.05) is 36.5 Å². The SMILES string of the molecule is CCn1cc(-c2ccc(CC(CCO)NC(=O)c3ccc(OC(C)C)c(Cl)c3)cc2F)nc1C(C)(C)O. The highest BCUT2D eigenvalue weighted by Gasteiger charge is 2.24. The van der Waals surface area contributed by atoms with E-state index in [2.05, 4.69) is 10.3 Å². The van der Waals surface area contributed by atoms with E-state index in [1.165, 1.54) is 12.1 Å². The minimum absolute atomic E-state index is 0.0520. The first kappa shape index (κ1) is 28.6. The molecule has 9 heteroatoms. The molecule has 1 heterocycles. The van der Waals surface area contributed by atoms with Gasteiger partial charge in [-0.2, -0.15) is 0 Å². The number of nitrogens with zero attached hydrogens (tertiary/aromatic N) is 2. The van der Waals surface area contributed by atoms with Crippen LogP contribution in [0.1, 0.15) is 62.8 Å². The van der Waals surface area contributed by atoms with Gasteiger partial charge in [-0.3, -0.25) is 4.79 Å². The molecule has 0 radical (unpaired) electrons. The second kappa shape index (κ2) is 12.1. The van der Waals surface area contributed by atoms with Gasteiger partial charge in [0.15, 0.2) is 0 Å². The summed E-state index contributed by atoms with van der Waals surface area (Å²) in [6.07, 6.45) is 2.30. The number of benzene rings is 2. The molecule has 0 saturated heterocycles. The molecule has 2 aromatic carbocycles. The summed E-state index contributed by atoms with van der Waals surface area (Å²) in [4.78, 5) is 17.3. The number of halogens is 2. The van der Waals surface area contributed by atoms with Crippen molar-refractivity contribution in [3.63, 3.8) is 0 Å². The lowest BCUT2D eigenvalue weighted by atomic mass is 10.0. The van der Waals surface area contributed by atoms with Gasteiger partial charge in [0.1, 0.15) is 23.0 Å². The predicted molar refractivity (Wildman–Crippen MR) is 142 cm³/mol. The van der Waals surface area contributed by atoms with E-state index in [1.807, 2.05) is 20.8 Å². The molecular weight excluding hydrogens is 497 g/mol. The van der Waals surface area contributed by atoms with Gasteiger partial charge < -0.3 is 24.8 Å². The first-order chi connectivity index (χ1) is 17.4. The summed E-state index contributed by atoms with van der Waals surface area (Å²) in [5, 5.41) is 23.2. The van der Waals surface area contributed by atoms with Crippen LogP contribution in [0.25, 0.3) is 11.3 Å². The molecule has 0 aliphatic heterocycles. The average Bonchev–Trinajstić information content (AvgIpc) is 3.25. The fourth-order valence-electron chi connectivity index (χ4n) is 4.09. The molecule has 37 heavy (non-hydrogen) atoms. The Morgan fingerprint density at radius 1 is 1.24 bits per heavy atom. The summed E-state index contributed by atoms with van der Waals surface area (Å²) in [7, 11) is 0. The topological polar surface area (TPSA) is 96.6 Å². The Bertz CT molecular complexity index is 1240. The van der Waals surface area contributed by atoms with Gasteiger partial charge in [-0.15, -0.1) is 0 Å². The molecule has 1 amide bonds. The lowest BCUT2D eigenvalue weighted by Crippen LogP contribution is -2.37. The molecule has 1 unspecified atom stereocenters. The van der Waals surface area contributed by atoms with Crippen molar-refractivity contribution in [1.29, 1.82) is 0 Å². The summed E-state index contributed by atoms with van der Waals surface area (Å²) in [5.41, 5.74) is 0.621. The number of carbonyl (C=O) groups is 1. The van der Waals surface area contributed by atoms with E-state index in [1.54, 1.807) is 48.9 Å². The molecule has 3 N–H and O–H groups in total. The quantitative estimate of drug-likeness (QED) is 0.320. The van der Waals surface area contributed by atoms with Crippen molar-refractivity contribution in [3.8, 4) is 17.0 Å². The Kier molecular flexibility index (Phi) is 9.34. The van der Waals surface area contributed by atoms with E-state index >= 15 is 4.39 Å². The van der Waals surface area contributed by atoms with E-state index in [9.17, 15) is 15.0 Å². The van der Waals surface area contributed by atoms with E-state index in [4.69, 9.17) is 16.3 Å². The molecular formula is C28H35ClFN3O4. The summed E-state index contributed by atoms with van der Waals surface area (Å²) in [5.74, 6) is 0.150. The van der Waals surface area contributed by atoms with Gasteiger partial charge in [-0.05, 0) is 83.4 Å². The lowest BCUT2D eigenvalue weighted by Gasteiger charge is -2.19. The van der Waals surface area contributed by atoms with Crippen LogP contribution < -0.4 is 10.1 Å². The first-order valence-electron chi connectivity index (χ1n) is 12.4. The van der Waals surface area contributed by atoms with Crippen LogP contribution in [0, 0.1) is 5.82 Å². The van der Waals surface area contributed by atoms with Crippen LogP contribution in [0.3, 0.4) is 0 Å². The van der Waals surface area contributed by atoms with E-state index < -0.39 is 17.5 Å². The normalized spacial score (nSPS) is 12.6. The number of aliphatic hydroxyl groups excluding tert-OH is 1. The Hall–Kier alpha value is -2.94. The van der Waals surface area contributed by atoms with Crippen molar-refractivity contribution in [1.82, 2.24) is 14.9 Å². The number of carbonyl (C=O) groups excluding carboxylic acids is 1. The van der Waals surface area contributed by atoms with Crippen molar-refractivity contribution >= 4 is 17.5 Å². The average molecular weight is 532 g/mol. The zero-order chi connectivity index (χ0) is 27.3. The van der Waals surface area contributed by atoms with E-state index in [0.29, 0.717) is 58.4 Å². The number of hydrogen-bond donors (Lipinski definition) is 3. The Morgan fingerprint density at radius 2 is 1.97 bits per heavy atom. The van der Waals surface area contributed by atoms with Crippen LogP contribution in [0.5, 0.6) is 5.75 Å². The second-order valence-electron chi connectivity index (χ2n) is 9.81. The number of aliphatic hydroxyl groups is 2. The number of amides is 1. The predicted octanol–water partition coefficient (Wildman–Crippen LogP) is 5.10. The minimum Gasteiger partial charge on any atom is -0.489 e. The monoisotopic (exact) mass is 531 g/mol. The number of ether oxygens (including phenoxy) is 1. The van der Waals surface area contributed by atoms with Crippen molar-refractivity contribution < 1.29 is 24.1 Å². The molecule has 200 valence electrons. The van der Waals surface area contributed by atoms with Gasteiger partial charge in [-0.1, -0.05) is 17.7 Å². The Balaban J connectivity index is 1.76. The standard InChI is InChI=1S/C28H35ClFN3O4/c1-6-33-16-24(32-27(33)28(4,5)36)21-9-7-18(14-23(21)30)13-20(11-12-34)31-26(35)19-8-10-25(22(29)15-19)37-17(2)3/h7-10,14-17,20,34,36H,6,11-13H2,1-5H3,(H,31,35). The van der Waals surface area contributed by atoms with Crippen LogP contribution in [0.2, 0.25) is 5.02 Å². The number of aryl methyl sites for hydroxylation is 1. The second-order valence-corrected chi connectivity index (χ2v) is 10.2. The van der Waals surface area contributed by atoms with Gasteiger partial charge in [0.05, 0.1) is 16.8 Å². The van der Waals surface area contributed by atoms with Crippen LogP contribution in [-0.2, 0) is 18.6 Å². The molecule has 0 aliphatic carbocycles. The van der Waals surface area contributed by atoms with Crippen molar-refractivity contribution in [2.24, 2.45) is 0 Å². The van der Waals surface area contributed by atoms with E-state index in [-0.39, 0.29) is 18.6 Å². The van der Waals surface area contributed by atoms with E-state index in [0.717, 1.165) is 0 Å². The maximum absolute atomic E-state index is 15.1. The highest BCUT2D eigenvalue weighted by atomic mass is 35.5. The van der Waals surface area contributed by atoms with Gasteiger partial charge in [0.2, 0.25) is 0 Å². The largest absolute Gasteiger partial charge is 0.489 e. The maximum Gasteiger partial charge on any atom is 0.251 e. The number of nitrogens with one attached hydrogen (secondary N) is 1. The number of aromatic nitrogens is 2. The summed E-state index contributed by atoms with van der Waals surface area (Å²) >= 11 is 6.27. The van der Waals surface area contributed by atoms with Crippen molar-refractivity contribution in [3.05, 3.63) is 70.4 Å². The fraction of sp³-hybridized carbons (Fsp3) is 0.429. The Morgan fingerprint density at radius 3 is 2.51 bits per heavy atom. The van der Waals surface area contributed by atoms with Crippen LogP contribution in [0.4, 0.5) is 4.39 Å². The van der Waals surface area contributed by atoms with Crippen molar-refractivity contribution in [2.45, 2.75) is 71.8 Å². The third-order valence-electron chi connectivity index (χ3n) is 5.83.